The van der Waals surface area contributed by atoms with E-state index in [4.69, 9.17) is 9.47 Å². The molecule has 0 radical (unpaired) electrons. The van der Waals surface area contributed by atoms with Gasteiger partial charge in [0.15, 0.2) is 6.61 Å². The number of amides is 2. The van der Waals surface area contributed by atoms with E-state index in [0.717, 1.165) is 15.2 Å². The third-order valence-electron chi connectivity index (χ3n) is 3.99. The molecule has 0 saturated carbocycles. The number of carbonyl (C=O) groups is 2. The van der Waals surface area contributed by atoms with Crippen molar-refractivity contribution in [3.8, 4) is 11.5 Å². The van der Waals surface area contributed by atoms with E-state index in [0.29, 0.717) is 17.1 Å². The lowest BCUT2D eigenvalue weighted by molar-refractivity contribution is -0.123. The van der Waals surface area contributed by atoms with Gasteiger partial charge in [0.05, 0.1) is 10.0 Å². The van der Waals surface area contributed by atoms with Crippen LogP contribution in [0.1, 0.15) is 10.4 Å². The number of carbonyl (C=O) groups excluding carboxylic acids is 2. The van der Waals surface area contributed by atoms with Gasteiger partial charge in [-0.2, -0.15) is 0 Å². The van der Waals surface area contributed by atoms with Crippen molar-refractivity contribution in [2.45, 2.75) is 0 Å². The van der Waals surface area contributed by atoms with Crippen LogP contribution in [-0.4, -0.2) is 25.0 Å². The predicted molar refractivity (Wildman–Crippen MR) is 115 cm³/mol. The summed E-state index contributed by atoms with van der Waals surface area (Å²) < 4.78 is 11.8. The van der Waals surface area contributed by atoms with Gasteiger partial charge in [0.1, 0.15) is 18.1 Å². The molecule has 6 nitrogen and oxygen atoms in total. The highest BCUT2D eigenvalue weighted by molar-refractivity contribution is 9.10. The first-order valence-corrected chi connectivity index (χ1v) is 9.61. The first kappa shape index (κ1) is 20.4. The van der Waals surface area contributed by atoms with Gasteiger partial charge in [-0.15, -0.1) is 0 Å². The van der Waals surface area contributed by atoms with Crippen LogP contribution in [0.15, 0.2) is 77.8 Å². The Morgan fingerprint density at radius 3 is 2.52 bits per heavy atom. The molecule has 0 fully saturated rings. The Labute approximate surface area is 176 Å². The first-order chi connectivity index (χ1) is 14.1. The molecular weight excluding hydrogens is 436 g/mol. The third-order valence-corrected chi connectivity index (χ3v) is 4.81. The second kappa shape index (κ2) is 9.75. The second-order valence-electron chi connectivity index (χ2n) is 5.99. The van der Waals surface area contributed by atoms with Crippen LogP contribution >= 0.6 is 15.9 Å². The Morgan fingerprint density at radius 1 is 0.931 bits per heavy atom. The fourth-order valence-electron chi connectivity index (χ4n) is 2.63. The number of halogens is 1. The van der Waals surface area contributed by atoms with E-state index in [1.165, 1.54) is 0 Å². The average molecular weight is 455 g/mol. The molecule has 3 aromatic rings. The number of hydrazine groups is 1. The zero-order chi connectivity index (χ0) is 20.6. The summed E-state index contributed by atoms with van der Waals surface area (Å²) in [5.74, 6) is -0.0587. The highest BCUT2D eigenvalue weighted by Gasteiger charge is 2.13. The number of ether oxygens (including phenoxy) is 2. The topological polar surface area (TPSA) is 76.7 Å². The molecule has 0 aliphatic heterocycles. The molecule has 2 N–H and O–H groups in total. The summed E-state index contributed by atoms with van der Waals surface area (Å²) >= 11 is 3.51. The molecule has 0 unspecified atom stereocenters. The quantitative estimate of drug-likeness (QED) is 0.417. The molecule has 29 heavy (non-hydrogen) atoms. The van der Waals surface area contributed by atoms with Gasteiger partial charge in [-0.1, -0.05) is 55.1 Å². The van der Waals surface area contributed by atoms with Crippen molar-refractivity contribution in [2.24, 2.45) is 0 Å². The number of para-hydroxylation sites is 1. The summed E-state index contributed by atoms with van der Waals surface area (Å²) in [5, 5.41) is 2.04. The molecule has 0 spiro atoms. The van der Waals surface area contributed by atoms with Gasteiger partial charge >= 0.3 is 0 Å². The van der Waals surface area contributed by atoms with E-state index >= 15 is 0 Å². The predicted octanol–water partition coefficient (Wildman–Crippen LogP) is 4.01. The lowest BCUT2D eigenvalue weighted by Crippen LogP contribution is -2.43. The lowest BCUT2D eigenvalue weighted by atomic mass is 10.1. The molecule has 2 amide bonds. The molecule has 0 aliphatic rings. The SMILES string of the molecule is C=CCOc1ccccc1C(=O)NNC(=O)COc1ccc2ccccc2c1Br. The summed E-state index contributed by atoms with van der Waals surface area (Å²) in [6.07, 6.45) is 1.58. The number of hydrogen-bond donors (Lipinski definition) is 2. The average Bonchev–Trinajstić information content (AvgIpc) is 2.76. The van der Waals surface area contributed by atoms with E-state index in [1.807, 2.05) is 30.3 Å². The molecule has 0 aromatic heterocycles. The van der Waals surface area contributed by atoms with Crippen LogP contribution in [0.3, 0.4) is 0 Å². The number of hydrogen-bond acceptors (Lipinski definition) is 4. The fraction of sp³-hybridized carbons (Fsp3) is 0.0909. The van der Waals surface area contributed by atoms with Gasteiger partial charge in [-0.25, -0.2) is 0 Å². The molecule has 0 saturated heterocycles. The minimum atomic E-state index is -0.497. The van der Waals surface area contributed by atoms with Crippen LogP contribution in [0.2, 0.25) is 0 Å². The summed E-state index contributed by atoms with van der Waals surface area (Å²) in [4.78, 5) is 24.4. The highest BCUT2D eigenvalue weighted by Crippen LogP contribution is 2.32. The molecule has 0 heterocycles. The summed E-state index contributed by atoms with van der Waals surface area (Å²) in [7, 11) is 0. The van der Waals surface area contributed by atoms with Crippen molar-refractivity contribution >= 4 is 38.5 Å². The molecule has 0 aliphatic carbocycles. The third kappa shape index (κ3) is 5.14. The molecule has 3 aromatic carbocycles. The zero-order valence-electron chi connectivity index (χ0n) is 15.5. The molecule has 0 bridgehead atoms. The van der Waals surface area contributed by atoms with Crippen LogP contribution < -0.4 is 20.3 Å². The van der Waals surface area contributed by atoms with Crippen LogP contribution in [-0.2, 0) is 4.79 Å². The number of benzene rings is 3. The van der Waals surface area contributed by atoms with E-state index in [-0.39, 0.29) is 13.2 Å². The van der Waals surface area contributed by atoms with E-state index in [9.17, 15) is 9.59 Å². The minimum Gasteiger partial charge on any atom is -0.489 e. The van der Waals surface area contributed by atoms with Crippen molar-refractivity contribution in [3.63, 3.8) is 0 Å². The van der Waals surface area contributed by atoms with Gasteiger partial charge in [0, 0.05) is 0 Å². The van der Waals surface area contributed by atoms with Crippen LogP contribution in [0.4, 0.5) is 0 Å². The molecule has 3 rings (SSSR count). The van der Waals surface area contributed by atoms with Crippen molar-refractivity contribution in [2.75, 3.05) is 13.2 Å². The normalized spacial score (nSPS) is 10.2. The fourth-order valence-corrected chi connectivity index (χ4v) is 3.23. The molecule has 7 heteroatoms. The molecule has 148 valence electrons. The Hall–Kier alpha value is -3.32. The first-order valence-electron chi connectivity index (χ1n) is 8.82. The van der Waals surface area contributed by atoms with E-state index in [1.54, 1.807) is 36.4 Å². The van der Waals surface area contributed by atoms with E-state index in [2.05, 4.69) is 33.4 Å². The Bertz CT molecular complexity index is 1050. The number of nitrogens with one attached hydrogen (secondary N) is 2. The number of fused-ring (bicyclic) bond motifs is 1. The van der Waals surface area contributed by atoms with Crippen LogP contribution in [0, 0.1) is 0 Å². The molecule has 0 atom stereocenters. The van der Waals surface area contributed by atoms with Gasteiger partial charge in [-0.3, -0.25) is 20.4 Å². The maximum atomic E-state index is 12.3. The summed E-state index contributed by atoms with van der Waals surface area (Å²) in [6.45, 7) is 3.59. The highest BCUT2D eigenvalue weighted by atomic mass is 79.9. The monoisotopic (exact) mass is 454 g/mol. The smallest absolute Gasteiger partial charge is 0.276 e. The summed E-state index contributed by atoms with van der Waals surface area (Å²) in [6, 6.07) is 18.2. The minimum absolute atomic E-state index is 0.258. The van der Waals surface area contributed by atoms with Gasteiger partial charge in [0.2, 0.25) is 0 Å². The van der Waals surface area contributed by atoms with Crippen LogP contribution in [0.25, 0.3) is 10.8 Å². The van der Waals surface area contributed by atoms with Gasteiger partial charge < -0.3 is 9.47 Å². The second-order valence-corrected chi connectivity index (χ2v) is 6.78. The van der Waals surface area contributed by atoms with Crippen molar-refractivity contribution in [1.29, 1.82) is 0 Å². The Balaban J connectivity index is 1.56. The van der Waals surface area contributed by atoms with Gasteiger partial charge in [0.25, 0.3) is 11.8 Å². The molecular formula is C22H19BrN2O4. The maximum absolute atomic E-state index is 12.3. The van der Waals surface area contributed by atoms with Crippen molar-refractivity contribution < 1.29 is 19.1 Å². The van der Waals surface area contributed by atoms with Crippen LogP contribution in [0.5, 0.6) is 11.5 Å². The van der Waals surface area contributed by atoms with Gasteiger partial charge in [-0.05, 0) is 44.9 Å². The van der Waals surface area contributed by atoms with Crippen molar-refractivity contribution in [1.82, 2.24) is 10.9 Å². The standard InChI is InChI=1S/C22H19BrN2O4/c1-2-13-28-18-10-6-5-9-17(18)22(27)25-24-20(26)14-29-19-12-11-15-7-3-4-8-16(15)21(19)23/h2-12H,1,13-14H2,(H,24,26)(H,25,27). The van der Waals surface area contributed by atoms with E-state index < -0.39 is 11.8 Å². The Morgan fingerprint density at radius 2 is 1.69 bits per heavy atom. The summed E-state index contributed by atoms with van der Waals surface area (Å²) in [5.41, 5.74) is 5.00. The number of rotatable bonds is 7. The zero-order valence-corrected chi connectivity index (χ0v) is 17.1. The lowest BCUT2D eigenvalue weighted by Gasteiger charge is -2.12. The maximum Gasteiger partial charge on any atom is 0.276 e. The Kier molecular flexibility index (Phi) is 6.86. The largest absolute Gasteiger partial charge is 0.489 e. The van der Waals surface area contributed by atoms with Crippen molar-refractivity contribution in [3.05, 3.63) is 83.4 Å².